The van der Waals surface area contributed by atoms with Gasteiger partial charge in [0.25, 0.3) is 0 Å². The van der Waals surface area contributed by atoms with Crippen LogP contribution in [-0.4, -0.2) is 25.2 Å². The third kappa shape index (κ3) is 3.35. The predicted octanol–water partition coefficient (Wildman–Crippen LogP) is 4.17. The van der Waals surface area contributed by atoms with Gasteiger partial charge in [-0.3, -0.25) is 0 Å². The molecule has 0 aliphatic carbocycles. The number of nitrogens with one attached hydrogen (secondary N) is 1. The van der Waals surface area contributed by atoms with E-state index in [9.17, 15) is 0 Å². The van der Waals surface area contributed by atoms with E-state index < -0.39 is 0 Å². The molecular formula is C18H30N2. The van der Waals surface area contributed by atoms with Crippen LogP contribution in [0.1, 0.15) is 58.4 Å². The molecule has 2 heteroatoms. The van der Waals surface area contributed by atoms with Gasteiger partial charge in [-0.05, 0) is 49.4 Å². The first kappa shape index (κ1) is 15.4. The Labute approximate surface area is 124 Å². The smallest absolute Gasteiger partial charge is 0.0369 e. The van der Waals surface area contributed by atoms with Crippen LogP contribution in [0.25, 0.3) is 0 Å². The average Bonchev–Trinajstić information content (AvgIpc) is 2.70. The van der Waals surface area contributed by atoms with E-state index in [-0.39, 0.29) is 5.54 Å². The second-order valence-electron chi connectivity index (χ2n) is 6.44. The minimum atomic E-state index is 0.282. The molecule has 2 rings (SSSR count). The topological polar surface area (TPSA) is 15.3 Å². The van der Waals surface area contributed by atoms with Gasteiger partial charge in [0, 0.05) is 24.3 Å². The molecule has 0 amide bonds. The van der Waals surface area contributed by atoms with E-state index in [1.165, 1.54) is 30.5 Å². The normalized spacial score (nSPS) is 19.1. The Bertz CT molecular complexity index is 421. The molecule has 0 aromatic heterocycles. The van der Waals surface area contributed by atoms with Crippen molar-refractivity contribution in [3.05, 3.63) is 29.8 Å². The molecule has 0 saturated carbocycles. The van der Waals surface area contributed by atoms with Crippen molar-refractivity contribution in [2.24, 2.45) is 0 Å². The molecule has 0 unspecified atom stereocenters. The molecule has 1 fully saturated rings. The van der Waals surface area contributed by atoms with Crippen molar-refractivity contribution in [3.63, 3.8) is 0 Å². The van der Waals surface area contributed by atoms with Crippen molar-refractivity contribution >= 4 is 5.69 Å². The highest BCUT2D eigenvalue weighted by atomic mass is 15.2. The van der Waals surface area contributed by atoms with Gasteiger partial charge in [0.15, 0.2) is 0 Å². The third-order valence-electron chi connectivity index (χ3n) is 4.85. The number of nitrogens with zero attached hydrogens (tertiary/aromatic N) is 1. The van der Waals surface area contributed by atoms with Gasteiger partial charge < -0.3 is 10.2 Å². The van der Waals surface area contributed by atoms with Crippen molar-refractivity contribution in [2.45, 2.75) is 58.4 Å². The lowest BCUT2D eigenvalue weighted by molar-refractivity contribution is 0.321. The molecular weight excluding hydrogens is 244 g/mol. The van der Waals surface area contributed by atoms with Gasteiger partial charge in [-0.25, -0.2) is 0 Å². The monoisotopic (exact) mass is 274 g/mol. The van der Waals surface area contributed by atoms with Crippen molar-refractivity contribution in [1.82, 2.24) is 5.32 Å². The maximum absolute atomic E-state index is 3.79. The summed E-state index contributed by atoms with van der Waals surface area (Å²) in [4.78, 5) is 2.58. The molecule has 2 nitrogen and oxygen atoms in total. The van der Waals surface area contributed by atoms with Crippen LogP contribution >= 0.6 is 0 Å². The number of anilines is 1. The second-order valence-corrected chi connectivity index (χ2v) is 6.44. The molecule has 0 atom stereocenters. The quantitative estimate of drug-likeness (QED) is 0.886. The van der Waals surface area contributed by atoms with E-state index >= 15 is 0 Å². The van der Waals surface area contributed by atoms with Crippen molar-refractivity contribution in [1.29, 1.82) is 0 Å². The highest BCUT2D eigenvalue weighted by Gasteiger charge is 2.30. The van der Waals surface area contributed by atoms with Crippen LogP contribution in [0.2, 0.25) is 0 Å². The van der Waals surface area contributed by atoms with E-state index in [1.54, 1.807) is 0 Å². The highest BCUT2D eigenvalue weighted by molar-refractivity contribution is 5.50. The van der Waals surface area contributed by atoms with E-state index in [4.69, 9.17) is 0 Å². The van der Waals surface area contributed by atoms with Gasteiger partial charge >= 0.3 is 0 Å². The van der Waals surface area contributed by atoms with E-state index in [1.807, 2.05) is 0 Å². The van der Waals surface area contributed by atoms with Crippen LogP contribution in [0.4, 0.5) is 5.69 Å². The van der Waals surface area contributed by atoms with Gasteiger partial charge in [0.2, 0.25) is 0 Å². The van der Waals surface area contributed by atoms with Crippen molar-refractivity contribution in [3.8, 4) is 0 Å². The second kappa shape index (κ2) is 6.62. The maximum atomic E-state index is 3.79. The van der Waals surface area contributed by atoms with Crippen molar-refractivity contribution < 1.29 is 0 Å². The molecule has 112 valence electrons. The van der Waals surface area contributed by atoms with Crippen LogP contribution in [0.3, 0.4) is 0 Å². The fourth-order valence-electron chi connectivity index (χ4n) is 3.15. The van der Waals surface area contributed by atoms with Gasteiger partial charge in [-0.2, -0.15) is 0 Å². The van der Waals surface area contributed by atoms with E-state index in [2.05, 4.69) is 62.2 Å². The fourth-order valence-corrected chi connectivity index (χ4v) is 3.15. The fraction of sp³-hybridized carbons (Fsp3) is 0.667. The third-order valence-corrected chi connectivity index (χ3v) is 4.85. The molecule has 1 heterocycles. The first-order chi connectivity index (χ1) is 9.60. The Morgan fingerprint density at radius 3 is 2.65 bits per heavy atom. The molecule has 1 aromatic rings. The van der Waals surface area contributed by atoms with Gasteiger partial charge in [0.05, 0.1) is 0 Å². The lowest BCUT2D eigenvalue weighted by atomic mass is 9.92. The Hall–Kier alpha value is -1.02. The van der Waals surface area contributed by atoms with E-state index in [0.29, 0.717) is 5.92 Å². The predicted molar refractivity (Wildman–Crippen MR) is 88.7 cm³/mol. The number of hydrogen-bond donors (Lipinski definition) is 1. The summed E-state index contributed by atoms with van der Waals surface area (Å²) >= 11 is 0. The molecule has 1 N–H and O–H groups in total. The minimum Gasteiger partial charge on any atom is -0.370 e. The Kier molecular flexibility index (Phi) is 5.09. The highest BCUT2D eigenvalue weighted by Crippen LogP contribution is 2.26. The zero-order chi connectivity index (χ0) is 14.6. The van der Waals surface area contributed by atoms with Gasteiger partial charge in [-0.1, -0.05) is 39.8 Å². The lowest BCUT2D eigenvalue weighted by Crippen LogP contribution is -2.50. The number of hydrogen-bond acceptors (Lipinski definition) is 2. The SMILES string of the molecule is CCC1(CC)CN(c2cccc(C(C)C)c2)CCCN1. The van der Waals surface area contributed by atoms with Crippen LogP contribution in [0, 0.1) is 0 Å². The summed E-state index contributed by atoms with van der Waals surface area (Å²) in [5.74, 6) is 0.599. The van der Waals surface area contributed by atoms with Gasteiger partial charge in [-0.15, -0.1) is 0 Å². The summed E-state index contributed by atoms with van der Waals surface area (Å²) in [5, 5.41) is 3.79. The summed E-state index contributed by atoms with van der Waals surface area (Å²) in [6.07, 6.45) is 3.63. The first-order valence-corrected chi connectivity index (χ1v) is 8.20. The summed E-state index contributed by atoms with van der Waals surface area (Å²) < 4.78 is 0. The van der Waals surface area contributed by atoms with Crippen LogP contribution in [0.15, 0.2) is 24.3 Å². The molecule has 1 aliphatic heterocycles. The molecule has 0 radical (unpaired) electrons. The maximum Gasteiger partial charge on any atom is 0.0369 e. The molecule has 1 aromatic carbocycles. The Morgan fingerprint density at radius 2 is 2.00 bits per heavy atom. The molecule has 1 saturated heterocycles. The Morgan fingerprint density at radius 1 is 1.25 bits per heavy atom. The number of rotatable bonds is 4. The first-order valence-electron chi connectivity index (χ1n) is 8.20. The molecule has 0 spiro atoms. The largest absolute Gasteiger partial charge is 0.370 e. The molecule has 20 heavy (non-hydrogen) atoms. The van der Waals surface area contributed by atoms with Crippen LogP contribution < -0.4 is 10.2 Å². The standard InChI is InChI=1S/C18H30N2/c1-5-18(6-2)14-20(12-8-11-19-18)17-10-7-9-16(13-17)15(3)4/h7,9-10,13,15,19H,5-6,8,11-12,14H2,1-4H3. The summed E-state index contributed by atoms with van der Waals surface area (Å²) in [6, 6.07) is 9.11. The Balaban J connectivity index is 2.24. The summed E-state index contributed by atoms with van der Waals surface area (Å²) in [5.41, 5.74) is 3.12. The van der Waals surface area contributed by atoms with E-state index in [0.717, 1.165) is 19.6 Å². The van der Waals surface area contributed by atoms with Crippen LogP contribution in [0.5, 0.6) is 0 Å². The summed E-state index contributed by atoms with van der Waals surface area (Å²) in [6.45, 7) is 12.6. The molecule has 1 aliphatic rings. The zero-order valence-corrected chi connectivity index (χ0v) is 13.6. The molecule has 0 bridgehead atoms. The summed E-state index contributed by atoms with van der Waals surface area (Å²) in [7, 11) is 0. The lowest BCUT2D eigenvalue weighted by Gasteiger charge is -2.36. The minimum absolute atomic E-state index is 0.282. The average molecular weight is 274 g/mol. The van der Waals surface area contributed by atoms with Crippen LogP contribution in [-0.2, 0) is 0 Å². The zero-order valence-electron chi connectivity index (χ0n) is 13.6. The van der Waals surface area contributed by atoms with Gasteiger partial charge in [0.1, 0.15) is 0 Å². The van der Waals surface area contributed by atoms with Crippen molar-refractivity contribution in [2.75, 3.05) is 24.5 Å². The number of benzene rings is 1.